The highest BCUT2D eigenvalue weighted by atomic mass is 35.5. The molecule has 2 saturated heterocycles. The van der Waals surface area contributed by atoms with Gasteiger partial charge >= 0.3 is 0 Å². The molecule has 200 valence electrons. The highest BCUT2D eigenvalue weighted by molar-refractivity contribution is 6.31. The minimum atomic E-state index is -0.932. The predicted molar refractivity (Wildman–Crippen MR) is 136 cm³/mol. The van der Waals surface area contributed by atoms with E-state index in [-0.39, 0.29) is 41.8 Å². The number of aromatic nitrogens is 3. The number of nitrogens with zero attached hydrogens (tertiary/aromatic N) is 4. The van der Waals surface area contributed by atoms with Gasteiger partial charge in [-0.05, 0) is 50.5 Å². The zero-order valence-electron chi connectivity index (χ0n) is 20.8. The number of hydrogen-bond acceptors (Lipinski definition) is 6. The van der Waals surface area contributed by atoms with E-state index in [0.29, 0.717) is 37.5 Å². The molecule has 0 spiro atoms. The first-order valence-corrected chi connectivity index (χ1v) is 12.8. The molecule has 2 N–H and O–H groups in total. The van der Waals surface area contributed by atoms with Gasteiger partial charge in [0.1, 0.15) is 0 Å². The quantitative estimate of drug-likeness (QED) is 0.476. The Balaban J connectivity index is 1.38. The Bertz CT molecular complexity index is 1350. The molecule has 3 aromatic rings. The van der Waals surface area contributed by atoms with E-state index in [9.17, 15) is 18.4 Å². The Kier molecular flexibility index (Phi) is 7.31. The number of halogens is 3. The first kappa shape index (κ1) is 26.1. The second-order valence-corrected chi connectivity index (χ2v) is 10.0. The Morgan fingerprint density at radius 1 is 1.18 bits per heavy atom. The number of amides is 2. The number of hydrogen-bond donors (Lipinski definition) is 2. The molecule has 2 amide bonds. The number of carbonyl (C=O) groups excluding carboxylic acids is 2. The third-order valence-electron chi connectivity index (χ3n) is 7.00. The molecule has 0 radical (unpaired) electrons. The van der Waals surface area contributed by atoms with Gasteiger partial charge < -0.3 is 10.2 Å². The Labute approximate surface area is 223 Å². The molecular formula is C26H27ClF2N6O3. The first-order chi connectivity index (χ1) is 18.3. The van der Waals surface area contributed by atoms with E-state index in [1.54, 1.807) is 12.1 Å². The summed E-state index contributed by atoms with van der Waals surface area (Å²) in [7, 11) is 0. The molecule has 2 fully saturated rings. The smallest absolute Gasteiger partial charge is 0.256 e. The van der Waals surface area contributed by atoms with Crippen molar-refractivity contribution in [1.29, 1.82) is 0 Å². The van der Waals surface area contributed by atoms with E-state index in [1.807, 2.05) is 6.92 Å². The van der Waals surface area contributed by atoms with Crippen molar-refractivity contribution in [2.75, 3.05) is 31.6 Å². The van der Waals surface area contributed by atoms with E-state index in [4.69, 9.17) is 16.4 Å². The summed E-state index contributed by atoms with van der Waals surface area (Å²) < 4.78 is 29.1. The molecular weight excluding hydrogens is 518 g/mol. The number of carbonyl (C=O) groups is 2. The van der Waals surface area contributed by atoms with E-state index >= 15 is 0 Å². The summed E-state index contributed by atoms with van der Waals surface area (Å²) in [6.07, 6.45) is 1.56. The lowest BCUT2D eigenvalue weighted by atomic mass is 9.73. The zero-order chi connectivity index (χ0) is 26.9. The van der Waals surface area contributed by atoms with Crippen LogP contribution in [0.2, 0.25) is 5.02 Å². The topological polar surface area (TPSA) is 103 Å². The standard InChI is InChI=1S/C26H27ClF2N6O3/c1-16-14-21(33-32-16)31-23-20(28)7-6-17(30-23)15-26(25(37)35-10-3-13-38-35)8-11-34(12-9-26)24(36)18-4-2-5-19(27)22(18)29/h2,4-7,14H,3,8-13,15H2,1H3,(H2,30,31,32,33). The van der Waals surface area contributed by atoms with Crippen LogP contribution in [0.5, 0.6) is 0 Å². The number of likely N-dealkylation sites (tertiary alicyclic amines) is 1. The Morgan fingerprint density at radius 3 is 2.66 bits per heavy atom. The predicted octanol–water partition coefficient (Wildman–Crippen LogP) is 4.42. The molecule has 1 aromatic carbocycles. The number of rotatable bonds is 6. The Hall–Kier alpha value is -3.57. The van der Waals surface area contributed by atoms with Crippen molar-refractivity contribution in [3.63, 3.8) is 0 Å². The van der Waals surface area contributed by atoms with Gasteiger partial charge in [-0.2, -0.15) is 5.10 Å². The number of aryl methyl sites for hydroxylation is 1. The number of nitrogens with one attached hydrogen (secondary N) is 2. The number of hydroxylamine groups is 2. The van der Waals surface area contributed by atoms with Crippen LogP contribution in [0.4, 0.5) is 20.4 Å². The van der Waals surface area contributed by atoms with Crippen molar-refractivity contribution in [1.82, 2.24) is 25.1 Å². The van der Waals surface area contributed by atoms with Gasteiger partial charge in [-0.25, -0.2) is 18.8 Å². The van der Waals surface area contributed by atoms with Gasteiger partial charge in [-0.15, -0.1) is 0 Å². The lowest BCUT2D eigenvalue weighted by molar-refractivity contribution is -0.183. The molecule has 0 unspecified atom stereocenters. The molecule has 4 heterocycles. The average molecular weight is 545 g/mol. The summed E-state index contributed by atoms with van der Waals surface area (Å²) in [6.45, 7) is 3.20. The molecule has 0 bridgehead atoms. The monoisotopic (exact) mass is 544 g/mol. The number of benzene rings is 1. The van der Waals surface area contributed by atoms with Gasteiger partial charge in [0.2, 0.25) is 0 Å². The zero-order valence-corrected chi connectivity index (χ0v) is 21.5. The van der Waals surface area contributed by atoms with Gasteiger partial charge in [0.25, 0.3) is 11.8 Å². The minimum Gasteiger partial charge on any atom is -0.338 e. The van der Waals surface area contributed by atoms with Gasteiger partial charge in [0.05, 0.1) is 29.2 Å². The third kappa shape index (κ3) is 5.21. The van der Waals surface area contributed by atoms with Crippen LogP contribution < -0.4 is 5.32 Å². The van der Waals surface area contributed by atoms with Crippen molar-refractivity contribution in [3.8, 4) is 0 Å². The van der Waals surface area contributed by atoms with Crippen LogP contribution in [-0.4, -0.2) is 63.2 Å². The summed E-state index contributed by atoms with van der Waals surface area (Å²) in [4.78, 5) is 38.3. The summed E-state index contributed by atoms with van der Waals surface area (Å²) in [5.74, 6) is -1.58. The van der Waals surface area contributed by atoms with Crippen molar-refractivity contribution >= 4 is 35.1 Å². The lowest BCUT2D eigenvalue weighted by Gasteiger charge is -2.42. The van der Waals surface area contributed by atoms with Crippen molar-refractivity contribution < 1.29 is 23.2 Å². The highest BCUT2D eigenvalue weighted by Crippen LogP contribution is 2.39. The van der Waals surface area contributed by atoms with E-state index in [0.717, 1.165) is 12.1 Å². The second kappa shape index (κ2) is 10.7. The number of anilines is 2. The summed E-state index contributed by atoms with van der Waals surface area (Å²) in [5.41, 5.74) is 0.273. The van der Waals surface area contributed by atoms with Crippen molar-refractivity contribution in [2.45, 2.75) is 32.6 Å². The molecule has 5 rings (SSSR count). The van der Waals surface area contributed by atoms with Crippen LogP contribution in [0, 0.1) is 24.0 Å². The minimum absolute atomic E-state index is 0.00179. The van der Waals surface area contributed by atoms with E-state index in [1.165, 1.54) is 34.2 Å². The number of aromatic amines is 1. The molecule has 2 aromatic heterocycles. The molecule has 12 heteroatoms. The van der Waals surface area contributed by atoms with E-state index in [2.05, 4.69) is 20.5 Å². The lowest BCUT2D eigenvalue weighted by Crippen LogP contribution is -2.51. The van der Waals surface area contributed by atoms with Gasteiger partial charge in [-0.3, -0.25) is 19.5 Å². The van der Waals surface area contributed by atoms with Gasteiger partial charge in [-0.1, -0.05) is 17.7 Å². The fraction of sp³-hybridized carbons (Fsp3) is 0.385. The van der Waals surface area contributed by atoms with Gasteiger partial charge in [0.15, 0.2) is 23.3 Å². The largest absolute Gasteiger partial charge is 0.338 e. The molecule has 9 nitrogen and oxygen atoms in total. The average Bonchev–Trinajstić information content (AvgIpc) is 3.59. The van der Waals surface area contributed by atoms with Crippen LogP contribution in [0.15, 0.2) is 36.4 Å². The van der Waals surface area contributed by atoms with Crippen LogP contribution in [-0.2, 0) is 16.1 Å². The summed E-state index contributed by atoms with van der Waals surface area (Å²) >= 11 is 5.87. The Morgan fingerprint density at radius 2 is 1.97 bits per heavy atom. The molecule has 2 aliphatic rings. The number of H-pyrrole nitrogens is 1. The maximum atomic E-state index is 14.6. The molecule has 0 atom stereocenters. The first-order valence-electron chi connectivity index (χ1n) is 12.4. The second-order valence-electron chi connectivity index (χ2n) is 9.64. The van der Waals surface area contributed by atoms with Crippen LogP contribution in [0.1, 0.15) is 41.0 Å². The summed E-state index contributed by atoms with van der Waals surface area (Å²) in [5, 5.41) is 11.0. The van der Waals surface area contributed by atoms with Crippen LogP contribution >= 0.6 is 11.6 Å². The SMILES string of the molecule is Cc1cc(Nc2nc(CC3(C(=O)N4CCCO4)CCN(C(=O)c4cccc(Cl)c4F)CC3)ccc2F)n[nH]1. The number of piperidine rings is 1. The number of pyridine rings is 1. The van der Waals surface area contributed by atoms with Crippen LogP contribution in [0.25, 0.3) is 0 Å². The fourth-order valence-corrected chi connectivity index (χ4v) is 5.11. The third-order valence-corrected chi connectivity index (χ3v) is 7.29. The van der Waals surface area contributed by atoms with Crippen LogP contribution in [0.3, 0.4) is 0 Å². The summed E-state index contributed by atoms with van der Waals surface area (Å²) in [6, 6.07) is 8.88. The molecule has 0 saturated carbocycles. The normalized spacial score (nSPS) is 17.1. The molecule has 38 heavy (non-hydrogen) atoms. The fourth-order valence-electron chi connectivity index (χ4n) is 4.93. The maximum Gasteiger partial charge on any atom is 0.256 e. The van der Waals surface area contributed by atoms with E-state index < -0.39 is 23.0 Å². The van der Waals surface area contributed by atoms with Gasteiger partial charge in [0, 0.05) is 37.0 Å². The van der Waals surface area contributed by atoms with Crippen molar-refractivity contribution in [3.05, 3.63) is 70.0 Å². The highest BCUT2D eigenvalue weighted by Gasteiger charge is 2.46. The molecule has 2 aliphatic heterocycles. The van der Waals surface area contributed by atoms with Crippen molar-refractivity contribution in [2.24, 2.45) is 5.41 Å². The molecule has 0 aliphatic carbocycles. The maximum absolute atomic E-state index is 14.6.